The lowest BCUT2D eigenvalue weighted by atomic mass is 9.82. The number of benzene rings is 6. The first kappa shape index (κ1) is 100. The molecular formula is C94H147FO12. The van der Waals surface area contributed by atoms with Crippen molar-refractivity contribution in [3.8, 4) is 46.8 Å². The van der Waals surface area contributed by atoms with Crippen LogP contribution in [-0.2, 0) is 90.0 Å². The number of alkyl halides is 1. The summed E-state index contributed by atoms with van der Waals surface area (Å²) in [6.07, 6.45) is 22.8. The predicted octanol–water partition coefficient (Wildman–Crippen LogP) is 25.2. The lowest BCUT2D eigenvalue weighted by Crippen LogP contribution is -2.20. The van der Waals surface area contributed by atoms with Gasteiger partial charge in [-0.2, -0.15) is 0 Å². The monoisotopic (exact) mass is 1490 g/mol. The zero-order valence-corrected chi connectivity index (χ0v) is 64.3. The van der Waals surface area contributed by atoms with Gasteiger partial charge in [-0.05, 0) is 183 Å². The van der Waals surface area contributed by atoms with Crippen LogP contribution in [0, 0.1) is 12.3 Å². The van der Waals surface area contributed by atoms with Gasteiger partial charge in [0.25, 0.3) is 0 Å². The van der Waals surface area contributed by atoms with E-state index in [2.05, 4.69) is 123 Å². The smallest absolute Gasteiger partial charge is 0.133 e. The second kappa shape index (κ2) is 51.5. The Morgan fingerprint density at radius 1 is 0.411 bits per heavy atom. The molecule has 0 amide bonds. The number of hydrogen-bond donors (Lipinski definition) is 0. The van der Waals surface area contributed by atoms with Crippen LogP contribution in [0.5, 0.6) is 34.5 Å². The molecule has 2 saturated carbocycles. The molecule has 0 heterocycles. The van der Waals surface area contributed by atoms with Crippen LogP contribution in [0.4, 0.5) is 4.39 Å². The minimum atomic E-state index is -1.33. The van der Waals surface area contributed by atoms with Gasteiger partial charge in [0.15, 0.2) is 0 Å². The summed E-state index contributed by atoms with van der Waals surface area (Å²) in [5, 5.41) is 0. The van der Waals surface area contributed by atoms with Gasteiger partial charge < -0.3 is 56.8 Å². The number of rotatable bonds is 38. The van der Waals surface area contributed by atoms with Crippen molar-refractivity contribution in [3.05, 3.63) is 183 Å². The van der Waals surface area contributed by atoms with Gasteiger partial charge >= 0.3 is 0 Å². The van der Waals surface area contributed by atoms with Gasteiger partial charge in [-0.1, -0.05) is 207 Å². The maximum atomic E-state index is 14.6. The Kier molecular flexibility index (Phi) is 48.2. The van der Waals surface area contributed by atoms with E-state index in [4.69, 9.17) is 63.3 Å². The fraction of sp³-hybridized carbons (Fsp3) is 0.574. The van der Waals surface area contributed by atoms with Gasteiger partial charge in [0, 0.05) is 66.4 Å². The molecule has 0 spiro atoms. The van der Waals surface area contributed by atoms with Crippen LogP contribution in [0.1, 0.15) is 285 Å². The Morgan fingerprint density at radius 3 is 1.02 bits per heavy atom. The van der Waals surface area contributed by atoms with Crippen molar-refractivity contribution in [2.24, 2.45) is 0 Å². The summed E-state index contributed by atoms with van der Waals surface area (Å²) in [4.78, 5) is 0. The van der Waals surface area contributed by atoms with Gasteiger partial charge in [0.2, 0.25) is 0 Å². The van der Waals surface area contributed by atoms with Crippen LogP contribution < -0.4 is 28.4 Å². The van der Waals surface area contributed by atoms with Gasteiger partial charge in [-0.3, -0.25) is 0 Å². The molecule has 0 radical (unpaired) electrons. The summed E-state index contributed by atoms with van der Waals surface area (Å²) in [5.74, 6) is 7.51. The summed E-state index contributed by atoms with van der Waals surface area (Å²) in [6, 6.07) is 36.4. The van der Waals surface area contributed by atoms with Crippen molar-refractivity contribution < 1.29 is 61.2 Å². The van der Waals surface area contributed by atoms with Crippen LogP contribution in [0.3, 0.4) is 0 Å². The summed E-state index contributed by atoms with van der Waals surface area (Å²) in [7, 11) is 3.30. The van der Waals surface area contributed by atoms with Gasteiger partial charge in [0.1, 0.15) is 79.8 Å². The average Bonchev–Trinajstić information content (AvgIpc) is 0.802. The van der Waals surface area contributed by atoms with Crippen LogP contribution in [0.25, 0.3) is 6.08 Å². The minimum absolute atomic E-state index is 0. The van der Waals surface area contributed by atoms with Gasteiger partial charge in [-0.25, -0.2) is 4.39 Å². The molecule has 1 atom stereocenters. The van der Waals surface area contributed by atoms with E-state index in [0.29, 0.717) is 122 Å². The molecule has 6 aromatic carbocycles. The molecule has 0 aliphatic heterocycles. The number of terminal acetylenes is 1. The third-order valence-corrected chi connectivity index (χ3v) is 19.6. The molecule has 13 heteroatoms. The molecule has 2 aliphatic rings. The van der Waals surface area contributed by atoms with Crippen LogP contribution in [-0.4, -0.2) is 79.3 Å². The van der Waals surface area contributed by atoms with Gasteiger partial charge in [-0.15, -0.1) is 6.42 Å². The number of methoxy groups -OCH3 is 2. The fourth-order valence-electron chi connectivity index (χ4n) is 12.2. The summed E-state index contributed by atoms with van der Waals surface area (Å²) in [6.45, 7) is 38.3. The van der Waals surface area contributed by atoms with Crippen molar-refractivity contribution in [2.75, 3.05) is 67.1 Å². The van der Waals surface area contributed by atoms with E-state index in [1.54, 1.807) is 21.1 Å². The molecule has 2 aliphatic carbocycles. The lowest BCUT2D eigenvalue weighted by Gasteiger charge is -2.27. The molecule has 602 valence electrons. The van der Waals surface area contributed by atoms with E-state index in [9.17, 15) is 4.39 Å². The standard InChI is InChI=1S/C36H53FO4.C27H38O4.C25H32O4.6CH4/c1-6-36(5,37)29-17-19-33(20-18-29)38-21-22-39-34-27(25-40-31-13-9-7-10-14-31)23-30(35(2,3)4)24-28(34)26-41-32-15-11-8-12-16-32;1-7-21-17-22(19-28-9-3)26(23(18-21)20-29-10-4)31-16-15-30-25-13-11-24(12-14-25)27(5,6)8-2;1-7-19-15-20(17-26-5)24(21(16-19)18-27-6)29-14-13-28-23-11-9-22(10-12-23)25(3,4)8-2;;;;;;/h17-20,23-24,31-32H,6-16,21-22,25-26H2,1-5H3;7,11-14,17-18H,1,8-10,15-16,19-20H2,2-6H3;1,9-12,15-16H,8,13-14,17-18H2,2-6H3;6*1H4. The number of halogens is 1. The SMILES string of the molecule is C.C.C.C.C.C.C#Cc1cc(COC)c(OCCOc2ccc(C(C)(C)CC)cc2)c(COC)c1.C=Cc1cc(COCC)c(OCCOc2ccc(C(C)(C)CC)cc2)c(COCC)c1.CCC(C)(F)c1ccc(OCCOc2c(COC3CCCCC3)cc(C(C)(C)C)cc2COC2CCCCC2)cc1. The largest absolute Gasteiger partial charge is 0.490 e. The minimum Gasteiger partial charge on any atom is -0.490 e. The first-order chi connectivity index (χ1) is 48.5. The summed E-state index contributed by atoms with van der Waals surface area (Å²) in [5.41, 5.74) is 11.4. The fourth-order valence-corrected chi connectivity index (χ4v) is 12.2. The van der Waals surface area contributed by atoms with E-state index < -0.39 is 5.67 Å². The molecule has 0 saturated heterocycles. The summed E-state index contributed by atoms with van der Waals surface area (Å²) >= 11 is 0. The first-order valence-corrected chi connectivity index (χ1v) is 37.3. The zero-order valence-electron chi connectivity index (χ0n) is 64.3. The molecule has 0 bridgehead atoms. The van der Waals surface area contributed by atoms with Crippen LogP contribution in [0.15, 0.2) is 116 Å². The van der Waals surface area contributed by atoms with E-state index in [-0.39, 0.29) is 60.8 Å². The highest BCUT2D eigenvalue weighted by atomic mass is 19.1. The zero-order chi connectivity index (χ0) is 73.3. The average molecular weight is 1490 g/mol. The van der Waals surface area contributed by atoms with E-state index in [1.165, 1.54) is 55.2 Å². The number of ether oxygens (including phenoxy) is 12. The van der Waals surface area contributed by atoms with Gasteiger partial charge in [0.05, 0.1) is 51.8 Å². The summed E-state index contributed by atoms with van der Waals surface area (Å²) < 4.78 is 85.9. The molecule has 107 heavy (non-hydrogen) atoms. The van der Waals surface area contributed by atoms with Crippen molar-refractivity contribution in [3.63, 3.8) is 0 Å². The van der Waals surface area contributed by atoms with Crippen molar-refractivity contribution >= 4 is 6.08 Å². The van der Waals surface area contributed by atoms with E-state index in [0.717, 1.165) is 112 Å². The third kappa shape index (κ3) is 32.7. The van der Waals surface area contributed by atoms with Crippen molar-refractivity contribution in [2.45, 2.75) is 292 Å². The second-order valence-corrected chi connectivity index (χ2v) is 29.0. The van der Waals surface area contributed by atoms with Crippen LogP contribution in [0.2, 0.25) is 0 Å². The molecule has 0 aromatic heterocycles. The molecule has 1 unspecified atom stereocenters. The maximum absolute atomic E-state index is 14.6. The Hall–Kier alpha value is -6.89. The van der Waals surface area contributed by atoms with Crippen LogP contribution >= 0.6 is 0 Å². The highest BCUT2D eigenvalue weighted by molar-refractivity contribution is 5.56. The molecule has 12 nitrogen and oxygen atoms in total. The van der Waals surface area contributed by atoms with E-state index in [1.807, 2.05) is 87.5 Å². The van der Waals surface area contributed by atoms with Crippen molar-refractivity contribution in [1.82, 2.24) is 0 Å². The first-order valence-electron chi connectivity index (χ1n) is 37.3. The second-order valence-electron chi connectivity index (χ2n) is 29.0. The highest BCUT2D eigenvalue weighted by Crippen LogP contribution is 2.38. The maximum Gasteiger partial charge on any atom is 0.133 e. The normalized spacial score (nSPS) is 13.5. The lowest BCUT2D eigenvalue weighted by molar-refractivity contribution is 0.0120. The molecule has 8 rings (SSSR count). The van der Waals surface area contributed by atoms with Crippen molar-refractivity contribution in [1.29, 1.82) is 0 Å². The van der Waals surface area contributed by atoms with E-state index >= 15 is 0 Å². The molecular weight excluding hydrogens is 1340 g/mol. The highest BCUT2D eigenvalue weighted by Gasteiger charge is 2.26. The topological polar surface area (TPSA) is 111 Å². The quantitative estimate of drug-likeness (QED) is 0.0272. The molecule has 0 N–H and O–H groups in total. The Morgan fingerprint density at radius 2 is 0.729 bits per heavy atom. The Labute approximate surface area is 652 Å². The Balaban J connectivity index is 0.00000156. The Bertz CT molecular complexity index is 3300. The third-order valence-electron chi connectivity index (χ3n) is 19.6. The molecule has 6 aromatic rings. The predicted molar refractivity (Wildman–Crippen MR) is 450 cm³/mol. The molecule has 2 fully saturated rings. The number of hydrogen-bond acceptors (Lipinski definition) is 12.